The summed E-state index contributed by atoms with van der Waals surface area (Å²) in [6.07, 6.45) is 2.35. The highest BCUT2D eigenvalue weighted by atomic mass is 32.1. The first kappa shape index (κ1) is 14.7. The van der Waals surface area contributed by atoms with Gasteiger partial charge in [-0.1, -0.05) is 6.92 Å². The Morgan fingerprint density at radius 3 is 2.95 bits per heavy atom. The number of aryl methyl sites for hydroxylation is 1. The van der Waals surface area contributed by atoms with Crippen molar-refractivity contribution in [3.05, 3.63) is 33.2 Å². The van der Waals surface area contributed by atoms with E-state index in [1.54, 1.807) is 10.5 Å². The molecule has 0 radical (unpaired) electrons. The van der Waals surface area contributed by atoms with Gasteiger partial charge in [-0.25, -0.2) is 4.98 Å². The number of hydrogen-bond donors (Lipinski definition) is 1. The summed E-state index contributed by atoms with van der Waals surface area (Å²) < 4.78 is 1.69. The molecule has 2 aromatic heterocycles. The zero-order chi connectivity index (χ0) is 14.8. The molecule has 2 aromatic rings. The first-order valence-electron chi connectivity index (χ1n) is 7.60. The van der Waals surface area contributed by atoms with Crippen LogP contribution in [-0.2, 0) is 6.54 Å². The second-order valence-electron chi connectivity index (χ2n) is 5.63. The average molecular weight is 306 g/mol. The number of piperidine rings is 1. The lowest BCUT2D eigenvalue weighted by Gasteiger charge is -2.33. The number of hydrogen-bond acceptors (Lipinski definition) is 5. The Balaban J connectivity index is 1.84. The van der Waals surface area contributed by atoms with E-state index in [9.17, 15) is 4.79 Å². The fraction of sp³-hybridized carbons (Fsp3) is 0.600. The van der Waals surface area contributed by atoms with E-state index in [-0.39, 0.29) is 5.56 Å². The van der Waals surface area contributed by atoms with Crippen LogP contribution in [0.15, 0.2) is 16.2 Å². The van der Waals surface area contributed by atoms with Gasteiger partial charge in [-0.05, 0) is 39.4 Å². The highest BCUT2D eigenvalue weighted by Gasteiger charge is 2.20. The average Bonchev–Trinajstić information content (AvgIpc) is 2.87. The fourth-order valence-electron chi connectivity index (χ4n) is 3.06. The van der Waals surface area contributed by atoms with Gasteiger partial charge in [0.05, 0.1) is 5.69 Å². The summed E-state index contributed by atoms with van der Waals surface area (Å²) in [6.45, 7) is 8.06. The van der Waals surface area contributed by atoms with E-state index >= 15 is 0 Å². The maximum absolute atomic E-state index is 12.2. The van der Waals surface area contributed by atoms with Gasteiger partial charge in [-0.3, -0.25) is 14.1 Å². The van der Waals surface area contributed by atoms with Gasteiger partial charge in [-0.15, -0.1) is 11.3 Å². The second-order valence-corrected chi connectivity index (χ2v) is 6.46. The summed E-state index contributed by atoms with van der Waals surface area (Å²) in [7, 11) is 0. The van der Waals surface area contributed by atoms with Crippen LogP contribution in [0.5, 0.6) is 0 Å². The normalized spacial score (nSPS) is 16.9. The van der Waals surface area contributed by atoms with Crippen LogP contribution in [0.4, 0.5) is 0 Å². The summed E-state index contributed by atoms with van der Waals surface area (Å²) in [5, 5.41) is 5.38. The minimum absolute atomic E-state index is 0.0371. The van der Waals surface area contributed by atoms with Crippen LogP contribution in [0, 0.1) is 6.92 Å². The first-order chi connectivity index (χ1) is 10.2. The molecule has 1 fully saturated rings. The molecule has 1 aliphatic rings. The summed E-state index contributed by atoms with van der Waals surface area (Å²) in [5.74, 6) is 0. The highest BCUT2D eigenvalue weighted by molar-refractivity contribution is 7.15. The minimum Gasteiger partial charge on any atom is -0.317 e. The number of aromatic nitrogens is 2. The maximum Gasteiger partial charge on any atom is 0.259 e. The molecule has 1 N–H and O–H groups in total. The van der Waals surface area contributed by atoms with Crippen molar-refractivity contribution in [3.8, 4) is 0 Å². The van der Waals surface area contributed by atoms with Crippen LogP contribution in [0.2, 0.25) is 0 Å². The molecule has 0 amide bonds. The molecule has 0 unspecified atom stereocenters. The molecule has 1 aliphatic heterocycles. The molecular weight excluding hydrogens is 284 g/mol. The monoisotopic (exact) mass is 306 g/mol. The Kier molecular flexibility index (Phi) is 4.37. The van der Waals surface area contributed by atoms with Crippen molar-refractivity contribution in [2.75, 3.05) is 19.6 Å². The number of rotatable bonds is 4. The van der Waals surface area contributed by atoms with Crippen molar-refractivity contribution < 1.29 is 0 Å². The Hall–Kier alpha value is -1.24. The molecular formula is C15H22N4OS. The van der Waals surface area contributed by atoms with E-state index in [0.29, 0.717) is 6.04 Å². The van der Waals surface area contributed by atoms with E-state index in [1.165, 1.54) is 24.2 Å². The quantitative estimate of drug-likeness (QED) is 0.933. The fourth-order valence-corrected chi connectivity index (χ4v) is 3.95. The molecule has 3 heterocycles. The zero-order valence-electron chi connectivity index (χ0n) is 12.6. The molecule has 3 rings (SSSR count). The van der Waals surface area contributed by atoms with E-state index in [0.717, 1.165) is 42.5 Å². The van der Waals surface area contributed by atoms with Gasteiger partial charge in [0.15, 0.2) is 4.96 Å². The first-order valence-corrected chi connectivity index (χ1v) is 8.48. The Morgan fingerprint density at radius 2 is 2.24 bits per heavy atom. The Bertz CT molecular complexity index is 672. The number of thiazole rings is 1. The van der Waals surface area contributed by atoms with Crippen LogP contribution >= 0.6 is 11.3 Å². The topological polar surface area (TPSA) is 49.6 Å². The van der Waals surface area contributed by atoms with Crippen molar-refractivity contribution in [1.29, 1.82) is 0 Å². The summed E-state index contributed by atoms with van der Waals surface area (Å²) in [5.41, 5.74) is 1.89. The summed E-state index contributed by atoms with van der Waals surface area (Å²) >= 11 is 1.54. The van der Waals surface area contributed by atoms with Crippen molar-refractivity contribution in [2.45, 2.75) is 39.3 Å². The molecule has 114 valence electrons. The zero-order valence-corrected chi connectivity index (χ0v) is 13.4. The standard InChI is InChI=1S/C15H22N4OS/c1-3-18(13-4-6-16-7-5-13)9-12-8-14(20)19-11(2)10-21-15(19)17-12/h8,10,13,16H,3-7,9H2,1-2H3. The molecule has 1 saturated heterocycles. The van der Waals surface area contributed by atoms with Crippen molar-refractivity contribution in [3.63, 3.8) is 0 Å². The van der Waals surface area contributed by atoms with Crippen molar-refractivity contribution in [1.82, 2.24) is 19.6 Å². The van der Waals surface area contributed by atoms with E-state index in [1.807, 2.05) is 12.3 Å². The minimum atomic E-state index is 0.0371. The van der Waals surface area contributed by atoms with E-state index in [2.05, 4.69) is 22.1 Å². The molecule has 0 spiro atoms. The molecule has 6 heteroatoms. The predicted octanol–water partition coefficient (Wildman–Crippen LogP) is 1.64. The van der Waals surface area contributed by atoms with Crippen LogP contribution in [0.25, 0.3) is 4.96 Å². The van der Waals surface area contributed by atoms with Gasteiger partial charge in [0.25, 0.3) is 5.56 Å². The summed E-state index contributed by atoms with van der Waals surface area (Å²) in [6, 6.07) is 2.29. The number of nitrogens with zero attached hydrogens (tertiary/aromatic N) is 3. The molecule has 0 saturated carbocycles. The molecule has 21 heavy (non-hydrogen) atoms. The lowest BCUT2D eigenvalue weighted by molar-refractivity contribution is 0.160. The van der Waals surface area contributed by atoms with Gasteiger partial charge in [0.2, 0.25) is 0 Å². The molecule has 0 bridgehead atoms. The largest absolute Gasteiger partial charge is 0.317 e. The molecule has 0 atom stereocenters. The molecule has 5 nitrogen and oxygen atoms in total. The SMILES string of the molecule is CCN(Cc1cc(=O)n2c(C)csc2n1)C1CCNCC1. The number of fused-ring (bicyclic) bond motifs is 1. The Labute approximate surface area is 128 Å². The molecule has 0 aliphatic carbocycles. The van der Waals surface area contributed by atoms with Gasteiger partial charge in [-0.2, -0.15) is 0 Å². The third-order valence-electron chi connectivity index (χ3n) is 4.22. The maximum atomic E-state index is 12.2. The van der Waals surface area contributed by atoms with Gasteiger partial charge in [0, 0.05) is 29.7 Å². The van der Waals surface area contributed by atoms with Gasteiger partial charge in [0.1, 0.15) is 0 Å². The number of nitrogens with one attached hydrogen (secondary N) is 1. The van der Waals surface area contributed by atoms with Crippen LogP contribution in [0.3, 0.4) is 0 Å². The van der Waals surface area contributed by atoms with Crippen LogP contribution < -0.4 is 10.9 Å². The van der Waals surface area contributed by atoms with E-state index in [4.69, 9.17) is 0 Å². The highest BCUT2D eigenvalue weighted by Crippen LogP contribution is 2.16. The van der Waals surface area contributed by atoms with Crippen molar-refractivity contribution in [2.24, 2.45) is 0 Å². The predicted molar refractivity (Wildman–Crippen MR) is 86.1 cm³/mol. The molecule has 0 aromatic carbocycles. The van der Waals surface area contributed by atoms with Crippen molar-refractivity contribution >= 4 is 16.3 Å². The van der Waals surface area contributed by atoms with Crippen LogP contribution in [-0.4, -0.2) is 40.0 Å². The summed E-state index contributed by atoms with van der Waals surface area (Å²) in [4.78, 5) is 20.1. The Morgan fingerprint density at radius 1 is 1.48 bits per heavy atom. The third-order valence-corrected chi connectivity index (χ3v) is 5.17. The smallest absolute Gasteiger partial charge is 0.259 e. The van der Waals surface area contributed by atoms with Gasteiger partial charge < -0.3 is 5.32 Å². The lowest BCUT2D eigenvalue weighted by Crippen LogP contribution is -2.42. The van der Waals surface area contributed by atoms with E-state index < -0.39 is 0 Å². The lowest BCUT2D eigenvalue weighted by atomic mass is 10.0. The second kappa shape index (κ2) is 6.25. The van der Waals surface area contributed by atoms with Crippen LogP contribution in [0.1, 0.15) is 31.2 Å². The van der Waals surface area contributed by atoms with Gasteiger partial charge >= 0.3 is 0 Å². The third kappa shape index (κ3) is 3.02.